The minimum absolute atomic E-state index is 0.163. The summed E-state index contributed by atoms with van der Waals surface area (Å²) in [6.07, 6.45) is -4.81. The van der Waals surface area contributed by atoms with Crippen LogP contribution in [0.25, 0.3) is 11.3 Å². The molecule has 5 rings (SSSR count). The second-order valence-electron chi connectivity index (χ2n) is 10.4. The number of halogens is 5. The van der Waals surface area contributed by atoms with Gasteiger partial charge in [0.15, 0.2) is 23.6 Å². The van der Waals surface area contributed by atoms with Crippen LogP contribution >= 0.6 is 23.2 Å². The largest absolute Gasteiger partial charge is 0.394 e. The predicted octanol–water partition coefficient (Wildman–Crippen LogP) is 3.68. The highest BCUT2D eigenvalue weighted by Crippen LogP contribution is 2.37. The fraction of sp³-hybridized carbons (Fsp3) is 0.464. The van der Waals surface area contributed by atoms with Gasteiger partial charge in [0.1, 0.15) is 30.0 Å². The van der Waals surface area contributed by atoms with Gasteiger partial charge in [-0.3, -0.25) is 4.79 Å². The minimum atomic E-state index is -3.17. The fourth-order valence-corrected chi connectivity index (χ4v) is 6.19. The molecule has 2 heterocycles. The number of rotatable bonds is 7. The quantitative estimate of drug-likeness (QED) is 0.331. The van der Waals surface area contributed by atoms with E-state index in [9.17, 15) is 33.3 Å². The van der Waals surface area contributed by atoms with Gasteiger partial charge in [-0.15, -0.1) is 5.10 Å². The van der Waals surface area contributed by atoms with Crippen molar-refractivity contribution in [2.45, 2.75) is 68.3 Å². The zero-order valence-corrected chi connectivity index (χ0v) is 23.8. The first-order valence-electron chi connectivity index (χ1n) is 14.8. The fourth-order valence-electron chi connectivity index (χ4n) is 5.68. The Morgan fingerprint density at radius 3 is 2.44 bits per heavy atom. The molecule has 2 fully saturated rings. The van der Waals surface area contributed by atoms with Crippen molar-refractivity contribution in [2.24, 2.45) is 0 Å². The van der Waals surface area contributed by atoms with E-state index >= 15 is 0 Å². The highest BCUT2D eigenvalue weighted by Gasteiger charge is 2.52. The average molecular weight is 648 g/mol. The van der Waals surface area contributed by atoms with Crippen molar-refractivity contribution >= 4 is 34.8 Å². The predicted molar refractivity (Wildman–Crippen MR) is 149 cm³/mol. The van der Waals surface area contributed by atoms with Crippen molar-refractivity contribution in [3.05, 3.63) is 64.0 Å². The Bertz CT molecular complexity index is 1540. The number of hydrogen-bond acceptors (Lipinski definition) is 8. The highest BCUT2D eigenvalue weighted by atomic mass is 35.5. The lowest BCUT2D eigenvalue weighted by atomic mass is 9.88. The first-order valence-corrected chi connectivity index (χ1v) is 14.1. The summed E-state index contributed by atoms with van der Waals surface area (Å²) in [7, 11) is -3.17. The number of aliphatic hydroxyl groups excluding tert-OH is 3. The van der Waals surface area contributed by atoms with Crippen LogP contribution in [0.3, 0.4) is 0 Å². The zero-order valence-electron chi connectivity index (χ0n) is 25.3. The number of nitrogens with zero attached hydrogens (tertiary/aromatic N) is 4. The summed E-state index contributed by atoms with van der Waals surface area (Å²) < 4.78 is 77.1. The topological polar surface area (TPSA) is 130 Å². The van der Waals surface area contributed by atoms with E-state index in [1.807, 2.05) is 0 Å². The SMILES string of the molecule is [2H]C([2H])([2H])O[C@@H]1[C@@H](n2cc(-c3cc(F)c(F)c(F)c3)nn2)[C@@H](O)[C@@H](CO)O[C@H]1C(=O)N(c1cc(Cl)cc(Cl)c1)[C@H]1CCCC[C@@H]1O. The van der Waals surface area contributed by atoms with Crippen molar-refractivity contribution < 1.29 is 46.9 Å². The molecule has 0 bridgehead atoms. The van der Waals surface area contributed by atoms with Gasteiger partial charge in [0.2, 0.25) is 0 Å². The Kier molecular flexibility index (Phi) is 8.43. The third kappa shape index (κ3) is 6.25. The molecule has 0 radical (unpaired) electrons. The van der Waals surface area contributed by atoms with E-state index in [4.69, 9.17) is 36.8 Å². The van der Waals surface area contributed by atoms with Crippen LogP contribution in [0.2, 0.25) is 10.0 Å². The van der Waals surface area contributed by atoms with Crippen molar-refractivity contribution in [3.8, 4) is 11.3 Å². The van der Waals surface area contributed by atoms with E-state index in [0.717, 1.165) is 10.9 Å². The molecule has 15 heteroatoms. The molecular weight excluding hydrogens is 616 g/mol. The maximum atomic E-state index is 14.6. The van der Waals surface area contributed by atoms with Crippen LogP contribution in [-0.2, 0) is 14.3 Å². The highest BCUT2D eigenvalue weighted by molar-refractivity contribution is 6.35. The first kappa shape index (κ1) is 27.7. The molecule has 43 heavy (non-hydrogen) atoms. The van der Waals surface area contributed by atoms with E-state index in [1.165, 1.54) is 23.1 Å². The molecule has 3 N–H and O–H groups in total. The Labute approximate surface area is 258 Å². The summed E-state index contributed by atoms with van der Waals surface area (Å²) >= 11 is 12.5. The van der Waals surface area contributed by atoms with Crippen molar-refractivity contribution in [1.82, 2.24) is 15.0 Å². The lowest BCUT2D eigenvalue weighted by molar-refractivity contribution is -0.211. The van der Waals surface area contributed by atoms with Gasteiger partial charge in [-0.1, -0.05) is 41.3 Å². The van der Waals surface area contributed by atoms with Gasteiger partial charge in [0, 0.05) is 28.3 Å². The second-order valence-corrected chi connectivity index (χ2v) is 11.3. The summed E-state index contributed by atoms with van der Waals surface area (Å²) in [5.74, 6) is -5.62. The number of ether oxygens (including phenoxy) is 2. The van der Waals surface area contributed by atoms with Crippen LogP contribution in [0.4, 0.5) is 18.9 Å². The molecule has 1 aromatic heterocycles. The number of aromatic nitrogens is 3. The number of benzene rings is 2. The zero-order chi connectivity index (χ0) is 33.5. The third-order valence-electron chi connectivity index (χ3n) is 7.73. The van der Waals surface area contributed by atoms with Gasteiger partial charge in [0.05, 0.1) is 29.1 Å². The standard InChI is InChI=1S/C28H29Cl2F3N4O6/c1-42-26-24(36-11-19(34-35-36)13-6-17(31)23(33)18(32)7-13)25(40)22(12-38)43-27(26)28(41)37(20-4-2-3-5-21(20)39)16-9-14(29)8-15(30)10-16/h6-11,20-22,24-27,38-40H,2-5,12H2,1H3/t20-,21-,22+,24-,25-,26+,27+/m0/s1/i1D3. The summed E-state index contributed by atoms with van der Waals surface area (Å²) in [6.45, 7) is -0.840. The molecule has 1 amide bonds. The molecular formula is C28H29Cl2F3N4O6. The lowest BCUT2D eigenvalue weighted by Gasteiger charge is -2.46. The first-order chi connectivity index (χ1) is 21.7. The molecule has 3 aromatic rings. The summed E-state index contributed by atoms with van der Waals surface area (Å²) in [6, 6.07) is 3.20. The van der Waals surface area contributed by atoms with Gasteiger partial charge in [-0.25, -0.2) is 17.9 Å². The van der Waals surface area contributed by atoms with Crippen LogP contribution in [0.5, 0.6) is 0 Å². The molecule has 2 aromatic carbocycles. The van der Waals surface area contributed by atoms with Gasteiger partial charge < -0.3 is 29.7 Å². The summed E-state index contributed by atoms with van der Waals surface area (Å²) in [4.78, 5) is 15.8. The van der Waals surface area contributed by atoms with Crippen LogP contribution in [0.15, 0.2) is 36.5 Å². The summed E-state index contributed by atoms with van der Waals surface area (Å²) in [5.41, 5.74) is -0.275. The van der Waals surface area contributed by atoms with Crippen LogP contribution < -0.4 is 4.90 Å². The molecule has 1 saturated carbocycles. The van der Waals surface area contributed by atoms with Gasteiger partial charge >= 0.3 is 0 Å². The Balaban J connectivity index is 1.61. The van der Waals surface area contributed by atoms with Gasteiger partial charge in [0.25, 0.3) is 5.91 Å². The molecule has 1 aliphatic carbocycles. The van der Waals surface area contributed by atoms with Crippen LogP contribution in [0.1, 0.15) is 35.8 Å². The number of carbonyl (C=O) groups excluding carboxylic acids is 1. The molecule has 0 spiro atoms. The normalized spacial score (nSPS) is 29.0. The number of hydrogen-bond donors (Lipinski definition) is 3. The van der Waals surface area contributed by atoms with Crippen molar-refractivity contribution in [3.63, 3.8) is 0 Å². The van der Waals surface area contributed by atoms with Crippen molar-refractivity contribution in [2.75, 3.05) is 18.5 Å². The monoisotopic (exact) mass is 647 g/mol. The molecule has 0 unspecified atom stereocenters. The molecule has 10 nitrogen and oxygen atoms in total. The van der Waals surface area contributed by atoms with Crippen LogP contribution in [0, 0.1) is 17.5 Å². The molecule has 1 aliphatic heterocycles. The average Bonchev–Trinajstić information content (AvgIpc) is 3.45. The number of aliphatic hydroxyl groups is 3. The van der Waals surface area contributed by atoms with E-state index in [0.29, 0.717) is 37.8 Å². The number of amides is 1. The number of methoxy groups -OCH3 is 1. The Hall–Kier alpha value is -2.78. The van der Waals surface area contributed by atoms with Crippen molar-refractivity contribution in [1.29, 1.82) is 0 Å². The molecule has 2 aliphatic rings. The molecule has 1 saturated heterocycles. The van der Waals surface area contributed by atoms with E-state index < -0.39 is 79.6 Å². The summed E-state index contributed by atoms with van der Waals surface area (Å²) in [5, 5.41) is 40.4. The Morgan fingerprint density at radius 2 is 1.81 bits per heavy atom. The maximum absolute atomic E-state index is 14.6. The minimum Gasteiger partial charge on any atom is -0.394 e. The smallest absolute Gasteiger partial charge is 0.259 e. The maximum Gasteiger partial charge on any atom is 0.259 e. The number of carbonyl (C=O) groups is 1. The van der Waals surface area contributed by atoms with E-state index in [2.05, 4.69) is 10.3 Å². The van der Waals surface area contributed by atoms with Crippen LogP contribution in [-0.4, -0.2) is 86.4 Å². The molecule has 7 atom stereocenters. The second kappa shape index (κ2) is 13.1. The van der Waals surface area contributed by atoms with E-state index in [-0.39, 0.29) is 27.0 Å². The number of anilines is 1. The third-order valence-corrected chi connectivity index (χ3v) is 8.17. The molecule has 232 valence electrons. The lowest BCUT2D eigenvalue weighted by Crippen LogP contribution is -2.63. The Morgan fingerprint density at radius 1 is 1.14 bits per heavy atom. The van der Waals surface area contributed by atoms with Gasteiger partial charge in [-0.2, -0.15) is 0 Å². The van der Waals surface area contributed by atoms with Gasteiger partial charge in [-0.05, 0) is 43.2 Å². The van der Waals surface area contributed by atoms with E-state index in [1.54, 1.807) is 0 Å².